The molecule has 1 N–H and O–H groups in total. The van der Waals surface area contributed by atoms with Crippen LogP contribution in [-0.2, 0) is 21.5 Å². The van der Waals surface area contributed by atoms with Crippen LogP contribution in [0, 0.1) is 0 Å². The zero-order valence-electron chi connectivity index (χ0n) is 15.9. The fourth-order valence-corrected chi connectivity index (χ4v) is 5.62. The summed E-state index contributed by atoms with van der Waals surface area (Å²) in [6, 6.07) is 12.0. The highest BCUT2D eigenvalue weighted by atomic mass is 35.5. The molecule has 0 aromatic heterocycles. The number of amides is 1. The van der Waals surface area contributed by atoms with Gasteiger partial charge < -0.3 is 5.11 Å². The van der Waals surface area contributed by atoms with E-state index >= 15 is 0 Å². The molecule has 4 nitrogen and oxygen atoms in total. The smallest absolute Gasteiger partial charge is 0.295 e. The summed E-state index contributed by atoms with van der Waals surface area (Å²) >= 11 is 13.7. The third-order valence-electron chi connectivity index (χ3n) is 5.46. The second-order valence-corrected chi connectivity index (χ2v) is 9.57. The van der Waals surface area contributed by atoms with Gasteiger partial charge >= 0.3 is 0 Å². The van der Waals surface area contributed by atoms with Crippen LogP contribution in [-0.4, -0.2) is 22.0 Å². The summed E-state index contributed by atoms with van der Waals surface area (Å²) in [5.41, 5.74) is 0.499. The molecular formula is C22H19Cl2NO3S. The number of fused-ring (bicyclic) bond motifs is 2. The van der Waals surface area contributed by atoms with Crippen molar-refractivity contribution in [2.24, 2.45) is 0 Å². The monoisotopic (exact) mass is 447 g/mol. The highest BCUT2D eigenvalue weighted by Crippen LogP contribution is 2.56. The molecule has 1 aliphatic heterocycles. The lowest BCUT2D eigenvalue weighted by Gasteiger charge is -2.37. The van der Waals surface area contributed by atoms with Crippen molar-refractivity contribution in [2.45, 2.75) is 37.5 Å². The van der Waals surface area contributed by atoms with E-state index in [-0.39, 0.29) is 23.2 Å². The van der Waals surface area contributed by atoms with Gasteiger partial charge in [-0.15, -0.1) is 11.8 Å². The van der Waals surface area contributed by atoms with Crippen molar-refractivity contribution in [3.05, 3.63) is 74.3 Å². The molecule has 1 heterocycles. The summed E-state index contributed by atoms with van der Waals surface area (Å²) in [6.07, 6.45) is 0.961. The maximum absolute atomic E-state index is 13.6. The third-order valence-corrected chi connectivity index (χ3v) is 7.39. The zero-order chi connectivity index (χ0) is 20.9. The highest BCUT2D eigenvalue weighted by Gasteiger charge is 2.62. The maximum atomic E-state index is 13.6. The van der Waals surface area contributed by atoms with Gasteiger partial charge in [0.05, 0.1) is 4.91 Å². The Balaban J connectivity index is 2.01. The largest absolute Gasteiger partial charge is 0.502 e. The molecule has 0 bridgehead atoms. The molecule has 1 amide bonds. The minimum Gasteiger partial charge on any atom is -0.502 e. The molecule has 1 aliphatic carbocycles. The van der Waals surface area contributed by atoms with Crippen molar-refractivity contribution in [1.82, 2.24) is 0 Å². The minimum absolute atomic E-state index is 0.111. The molecule has 2 atom stereocenters. The minimum atomic E-state index is -1.40. The number of hydrogen-bond acceptors (Lipinski definition) is 4. The first-order chi connectivity index (χ1) is 13.8. The molecule has 0 saturated heterocycles. The zero-order valence-corrected chi connectivity index (χ0v) is 18.2. The Morgan fingerprint density at radius 2 is 1.90 bits per heavy atom. The highest BCUT2D eigenvalue weighted by molar-refractivity contribution is 8.03. The standard InChI is InChI=1S/C22H19Cl2NO3S/c1-3-12(2)29-20-19(27)21(28)25(16-6-4-5-14(23)11-16)22(20)17-8-7-15(24)9-13(17)10-18(22)26/h4-9,11-12,27H,3,10H2,1-2H3. The normalized spacial score (nSPS) is 22.0. The van der Waals surface area contributed by atoms with Crippen molar-refractivity contribution in [3.63, 3.8) is 0 Å². The van der Waals surface area contributed by atoms with Crippen LogP contribution in [0.2, 0.25) is 10.0 Å². The van der Waals surface area contributed by atoms with Gasteiger partial charge in [0.25, 0.3) is 5.91 Å². The molecule has 7 heteroatoms. The molecule has 150 valence electrons. The quantitative estimate of drug-likeness (QED) is 0.656. The lowest BCUT2D eigenvalue weighted by molar-refractivity contribution is -0.124. The summed E-state index contributed by atoms with van der Waals surface area (Å²) in [7, 11) is 0. The van der Waals surface area contributed by atoms with Crippen LogP contribution in [0.5, 0.6) is 0 Å². The third kappa shape index (κ3) is 2.98. The van der Waals surface area contributed by atoms with E-state index in [4.69, 9.17) is 23.2 Å². The van der Waals surface area contributed by atoms with Gasteiger partial charge in [-0.25, -0.2) is 0 Å². The second kappa shape index (κ2) is 7.38. The number of aliphatic hydroxyl groups is 1. The van der Waals surface area contributed by atoms with Crippen LogP contribution in [0.1, 0.15) is 31.4 Å². The predicted molar refractivity (Wildman–Crippen MR) is 118 cm³/mol. The van der Waals surface area contributed by atoms with Crippen molar-refractivity contribution >= 4 is 52.3 Å². The predicted octanol–water partition coefficient (Wildman–Crippen LogP) is 5.66. The van der Waals surface area contributed by atoms with E-state index in [9.17, 15) is 14.7 Å². The van der Waals surface area contributed by atoms with Gasteiger partial charge in [-0.2, -0.15) is 0 Å². The number of nitrogens with zero attached hydrogens (tertiary/aromatic N) is 1. The molecule has 0 fully saturated rings. The van der Waals surface area contributed by atoms with Crippen LogP contribution < -0.4 is 4.90 Å². The maximum Gasteiger partial charge on any atom is 0.295 e. The number of benzene rings is 2. The first kappa shape index (κ1) is 20.3. The number of halogens is 2. The summed E-state index contributed by atoms with van der Waals surface area (Å²) in [5.74, 6) is -1.15. The Kier molecular flexibility index (Phi) is 5.18. The molecule has 2 aromatic rings. The summed E-state index contributed by atoms with van der Waals surface area (Å²) in [5, 5.41) is 12.0. The molecular weight excluding hydrogens is 429 g/mol. The first-order valence-corrected chi connectivity index (χ1v) is 11.0. The van der Waals surface area contributed by atoms with Crippen molar-refractivity contribution in [2.75, 3.05) is 4.90 Å². The summed E-state index contributed by atoms with van der Waals surface area (Å²) < 4.78 is 0. The van der Waals surface area contributed by atoms with Gasteiger partial charge in [0, 0.05) is 27.4 Å². The Hall–Kier alpha value is -1.95. The number of rotatable bonds is 4. The van der Waals surface area contributed by atoms with Crippen LogP contribution >= 0.6 is 35.0 Å². The number of Topliss-reactive ketones (excluding diaryl/α,β-unsaturated/α-hetero) is 1. The van der Waals surface area contributed by atoms with Crippen LogP contribution in [0.25, 0.3) is 0 Å². The van der Waals surface area contributed by atoms with E-state index in [0.29, 0.717) is 26.2 Å². The lowest BCUT2D eigenvalue weighted by Crippen LogP contribution is -2.49. The summed E-state index contributed by atoms with van der Waals surface area (Å²) in [6.45, 7) is 4.03. The van der Waals surface area contributed by atoms with Gasteiger partial charge in [-0.1, -0.05) is 49.2 Å². The van der Waals surface area contributed by atoms with Gasteiger partial charge in [-0.05, 0) is 47.9 Å². The Labute approximate surface area is 183 Å². The average Bonchev–Trinajstić information content (AvgIpc) is 3.08. The fourth-order valence-electron chi connectivity index (χ4n) is 3.99. The number of anilines is 1. The molecule has 29 heavy (non-hydrogen) atoms. The Morgan fingerprint density at radius 3 is 2.59 bits per heavy atom. The summed E-state index contributed by atoms with van der Waals surface area (Å²) in [4.78, 5) is 28.6. The van der Waals surface area contributed by atoms with E-state index < -0.39 is 11.4 Å². The van der Waals surface area contributed by atoms with E-state index in [0.717, 1.165) is 12.0 Å². The number of carbonyl (C=O) groups is 2. The van der Waals surface area contributed by atoms with Crippen molar-refractivity contribution < 1.29 is 14.7 Å². The average molecular weight is 448 g/mol. The molecule has 1 spiro atoms. The number of aliphatic hydroxyl groups excluding tert-OH is 1. The van der Waals surface area contributed by atoms with E-state index in [2.05, 4.69) is 0 Å². The Bertz CT molecular complexity index is 1070. The van der Waals surface area contributed by atoms with E-state index in [1.165, 1.54) is 16.7 Å². The lowest BCUT2D eigenvalue weighted by atomic mass is 9.89. The molecule has 2 aliphatic rings. The van der Waals surface area contributed by atoms with Gasteiger partial charge in [0.15, 0.2) is 17.1 Å². The molecule has 2 unspecified atom stereocenters. The number of hydrogen-bond donors (Lipinski definition) is 1. The van der Waals surface area contributed by atoms with Crippen LogP contribution in [0.3, 0.4) is 0 Å². The van der Waals surface area contributed by atoms with Crippen LogP contribution in [0.15, 0.2) is 53.1 Å². The molecule has 4 rings (SSSR count). The van der Waals surface area contributed by atoms with E-state index in [1.54, 1.807) is 42.5 Å². The fraction of sp³-hybridized carbons (Fsp3) is 0.273. The van der Waals surface area contributed by atoms with E-state index in [1.807, 2.05) is 13.8 Å². The van der Waals surface area contributed by atoms with Gasteiger partial charge in [0.2, 0.25) is 0 Å². The first-order valence-electron chi connectivity index (χ1n) is 9.33. The number of ketones is 1. The molecule has 0 saturated carbocycles. The molecule has 0 radical (unpaired) electrons. The topological polar surface area (TPSA) is 57.6 Å². The van der Waals surface area contributed by atoms with Gasteiger partial charge in [-0.3, -0.25) is 14.5 Å². The number of carbonyl (C=O) groups excluding carboxylic acids is 2. The van der Waals surface area contributed by atoms with Crippen LogP contribution in [0.4, 0.5) is 5.69 Å². The van der Waals surface area contributed by atoms with Crippen molar-refractivity contribution in [3.8, 4) is 0 Å². The van der Waals surface area contributed by atoms with Crippen molar-refractivity contribution in [1.29, 1.82) is 0 Å². The molecule has 2 aromatic carbocycles. The number of thioether (sulfide) groups is 1. The SMILES string of the molecule is CCC(C)SC1=C(O)C(=O)N(c2cccc(Cl)c2)C12C(=O)Cc1cc(Cl)ccc12. The van der Waals surface area contributed by atoms with Gasteiger partial charge in [0.1, 0.15) is 0 Å². The second-order valence-electron chi connectivity index (χ2n) is 7.25. The Morgan fingerprint density at radius 1 is 1.17 bits per heavy atom.